The van der Waals surface area contributed by atoms with E-state index in [2.05, 4.69) is 4.72 Å². The normalized spacial score (nSPS) is 19.5. The predicted molar refractivity (Wildman–Crippen MR) is 92.7 cm³/mol. The number of pyridine rings is 1. The van der Waals surface area contributed by atoms with Gasteiger partial charge in [-0.15, -0.1) is 0 Å². The van der Waals surface area contributed by atoms with Crippen molar-refractivity contribution >= 4 is 20.8 Å². The highest BCUT2D eigenvalue weighted by Gasteiger charge is 2.41. The fraction of sp³-hybridized carbons (Fsp3) is 0.471. The van der Waals surface area contributed by atoms with E-state index in [1.54, 1.807) is 18.3 Å². The number of hydrogen-bond acceptors (Lipinski definition) is 4. The Labute approximate surface area is 140 Å². The zero-order valence-corrected chi connectivity index (χ0v) is 14.4. The van der Waals surface area contributed by atoms with Crippen LogP contribution in [-0.2, 0) is 16.4 Å². The van der Waals surface area contributed by atoms with Crippen molar-refractivity contribution in [3.8, 4) is 0 Å². The first-order valence-electron chi connectivity index (χ1n) is 8.25. The van der Waals surface area contributed by atoms with Crippen LogP contribution in [0.15, 0.2) is 34.1 Å². The molecule has 0 bridgehead atoms. The van der Waals surface area contributed by atoms with Crippen LogP contribution in [0.2, 0.25) is 0 Å². The summed E-state index contributed by atoms with van der Waals surface area (Å²) in [5.41, 5.74) is 0.273. The molecule has 2 saturated carbocycles. The van der Waals surface area contributed by atoms with Crippen LogP contribution >= 0.6 is 0 Å². The molecule has 0 amide bonds. The number of sulfonamides is 1. The Morgan fingerprint density at radius 2 is 2.00 bits per heavy atom. The number of nitrogens with zero attached hydrogens (tertiary/aromatic N) is 1. The molecule has 4 rings (SSSR count). The van der Waals surface area contributed by atoms with Gasteiger partial charge >= 0.3 is 0 Å². The number of benzene rings is 1. The Bertz CT molecular complexity index is 986. The second-order valence-electron chi connectivity index (χ2n) is 7.39. The maximum atomic E-state index is 12.5. The summed E-state index contributed by atoms with van der Waals surface area (Å²) in [5.74, 6) is 6.44. The summed E-state index contributed by atoms with van der Waals surface area (Å²) >= 11 is 0. The third-order valence-corrected chi connectivity index (χ3v) is 6.63. The number of nitrogen functional groups attached to an aromatic ring is 1. The lowest BCUT2D eigenvalue weighted by Crippen LogP contribution is -2.34. The van der Waals surface area contributed by atoms with Gasteiger partial charge in [0.25, 0.3) is 5.56 Å². The van der Waals surface area contributed by atoms with E-state index in [4.69, 9.17) is 5.84 Å². The molecule has 2 fully saturated rings. The van der Waals surface area contributed by atoms with Gasteiger partial charge < -0.3 is 5.84 Å². The van der Waals surface area contributed by atoms with Gasteiger partial charge in [0, 0.05) is 11.7 Å². The predicted octanol–water partition coefficient (Wildman–Crippen LogP) is 1.50. The Balaban J connectivity index is 1.82. The molecule has 1 heterocycles. The van der Waals surface area contributed by atoms with Crippen LogP contribution in [0.25, 0.3) is 10.8 Å². The zero-order chi connectivity index (χ0) is 17.1. The second kappa shape index (κ2) is 5.07. The van der Waals surface area contributed by atoms with Crippen molar-refractivity contribution in [2.75, 3.05) is 5.84 Å². The smallest absolute Gasteiger partial charge is 0.276 e. The van der Waals surface area contributed by atoms with Crippen LogP contribution in [-0.4, -0.2) is 18.6 Å². The minimum absolute atomic E-state index is 0.115. The van der Waals surface area contributed by atoms with Crippen molar-refractivity contribution < 1.29 is 8.42 Å². The third kappa shape index (κ3) is 2.82. The quantitative estimate of drug-likeness (QED) is 0.802. The van der Waals surface area contributed by atoms with Crippen LogP contribution in [0, 0.1) is 5.92 Å². The van der Waals surface area contributed by atoms with E-state index in [1.165, 1.54) is 18.9 Å². The minimum atomic E-state index is -3.64. The van der Waals surface area contributed by atoms with Crippen molar-refractivity contribution in [1.82, 2.24) is 9.40 Å². The fourth-order valence-electron chi connectivity index (χ4n) is 3.05. The van der Waals surface area contributed by atoms with Crippen LogP contribution in [0.1, 0.15) is 38.2 Å². The lowest BCUT2D eigenvalue weighted by atomic mass is 10.0. The molecule has 6 nitrogen and oxygen atoms in total. The van der Waals surface area contributed by atoms with Gasteiger partial charge in [-0.1, -0.05) is 6.07 Å². The summed E-state index contributed by atoms with van der Waals surface area (Å²) in [4.78, 5) is 12.5. The van der Waals surface area contributed by atoms with E-state index in [0.29, 0.717) is 11.3 Å². The lowest BCUT2D eigenvalue weighted by molar-refractivity contribution is 0.558. The lowest BCUT2D eigenvalue weighted by Gasteiger charge is -2.14. The van der Waals surface area contributed by atoms with E-state index in [1.807, 2.05) is 6.92 Å². The molecule has 2 aliphatic rings. The molecular formula is C17H21N3O3S. The van der Waals surface area contributed by atoms with Gasteiger partial charge in [0.05, 0.1) is 10.3 Å². The van der Waals surface area contributed by atoms with Gasteiger partial charge in [-0.25, -0.2) is 17.8 Å². The molecule has 0 radical (unpaired) electrons. The number of aromatic nitrogens is 1. The first kappa shape index (κ1) is 15.7. The first-order valence-corrected chi connectivity index (χ1v) is 9.73. The average molecular weight is 347 g/mol. The summed E-state index contributed by atoms with van der Waals surface area (Å²) in [5, 5.41) is 1.16. The largest absolute Gasteiger partial charge is 0.336 e. The highest BCUT2D eigenvalue weighted by molar-refractivity contribution is 7.89. The van der Waals surface area contributed by atoms with Gasteiger partial charge in [-0.2, -0.15) is 0 Å². The summed E-state index contributed by atoms with van der Waals surface area (Å²) in [6.45, 7) is 1.88. The molecule has 0 atom stereocenters. The van der Waals surface area contributed by atoms with Gasteiger partial charge in [0.1, 0.15) is 0 Å². The van der Waals surface area contributed by atoms with E-state index in [9.17, 15) is 13.2 Å². The molecule has 2 aliphatic carbocycles. The molecule has 0 aliphatic heterocycles. The molecule has 1 aromatic heterocycles. The molecule has 1 aromatic carbocycles. The van der Waals surface area contributed by atoms with Crippen LogP contribution in [0.4, 0.5) is 0 Å². The molecular weight excluding hydrogens is 326 g/mol. The van der Waals surface area contributed by atoms with Crippen LogP contribution in [0.5, 0.6) is 0 Å². The average Bonchev–Trinajstić information content (AvgIpc) is 3.43. The minimum Gasteiger partial charge on any atom is -0.336 e. The van der Waals surface area contributed by atoms with Crippen LogP contribution in [0.3, 0.4) is 0 Å². The highest BCUT2D eigenvalue weighted by Crippen LogP contribution is 2.37. The van der Waals surface area contributed by atoms with E-state index >= 15 is 0 Å². The highest BCUT2D eigenvalue weighted by atomic mass is 32.2. The summed E-state index contributed by atoms with van der Waals surface area (Å²) < 4.78 is 28.9. The molecule has 0 unspecified atom stereocenters. The first-order chi connectivity index (χ1) is 11.3. The molecule has 0 spiro atoms. The monoisotopic (exact) mass is 347 g/mol. The van der Waals surface area contributed by atoms with Gasteiger partial charge in [-0.3, -0.25) is 4.79 Å². The van der Waals surface area contributed by atoms with Crippen molar-refractivity contribution in [1.29, 1.82) is 0 Å². The fourth-order valence-corrected chi connectivity index (χ4v) is 4.54. The Morgan fingerprint density at radius 1 is 1.29 bits per heavy atom. The van der Waals surface area contributed by atoms with Crippen LogP contribution < -0.4 is 16.1 Å². The standard InChI is InChI=1S/C17H21N3O3S/c1-17(6-7-17)19-24(22,23)13-4-5-14-12(8-11-2-3-11)10-20(18)16(21)15(14)9-13/h4-5,9-11,19H,2-3,6-8,18H2,1H3. The molecule has 7 heteroatoms. The van der Waals surface area contributed by atoms with Crippen molar-refractivity contribution in [2.24, 2.45) is 5.92 Å². The van der Waals surface area contributed by atoms with E-state index in [-0.39, 0.29) is 16.0 Å². The topological polar surface area (TPSA) is 94.2 Å². The molecule has 3 N–H and O–H groups in total. The number of nitrogens with one attached hydrogen (secondary N) is 1. The SMILES string of the molecule is CC1(NS(=O)(=O)c2ccc3c(CC4CC4)cn(N)c(=O)c3c2)CC1. The maximum absolute atomic E-state index is 12.5. The van der Waals surface area contributed by atoms with Crippen molar-refractivity contribution in [3.05, 3.63) is 40.3 Å². The second-order valence-corrected chi connectivity index (χ2v) is 9.07. The van der Waals surface area contributed by atoms with E-state index in [0.717, 1.165) is 34.9 Å². The third-order valence-electron chi connectivity index (χ3n) is 4.99. The van der Waals surface area contributed by atoms with Crippen molar-refractivity contribution in [3.63, 3.8) is 0 Å². The number of hydrogen-bond donors (Lipinski definition) is 2. The zero-order valence-electron chi connectivity index (χ0n) is 13.6. The summed E-state index contributed by atoms with van der Waals surface area (Å²) in [6.07, 6.45) is 6.60. The number of nitrogens with two attached hydrogens (primary N) is 1. The molecule has 2 aromatic rings. The Morgan fingerprint density at radius 3 is 2.62 bits per heavy atom. The van der Waals surface area contributed by atoms with E-state index < -0.39 is 10.0 Å². The Hall–Kier alpha value is -1.86. The van der Waals surface area contributed by atoms with Gasteiger partial charge in [-0.05, 0) is 68.0 Å². The molecule has 128 valence electrons. The van der Waals surface area contributed by atoms with Gasteiger partial charge in [0.15, 0.2) is 0 Å². The number of rotatable bonds is 5. The van der Waals surface area contributed by atoms with Crippen molar-refractivity contribution in [2.45, 2.75) is 49.5 Å². The summed E-state index contributed by atoms with van der Waals surface area (Å²) in [7, 11) is -3.64. The molecule has 24 heavy (non-hydrogen) atoms. The Kier molecular flexibility index (Phi) is 3.30. The summed E-state index contributed by atoms with van der Waals surface area (Å²) in [6, 6.07) is 4.76. The maximum Gasteiger partial charge on any atom is 0.276 e. The van der Waals surface area contributed by atoms with Gasteiger partial charge in [0.2, 0.25) is 10.0 Å². The molecule has 0 saturated heterocycles. The number of fused-ring (bicyclic) bond motifs is 1.